The molecular weight excluding hydrogens is 757 g/mol. The van der Waals surface area contributed by atoms with Gasteiger partial charge in [-0.1, -0.05) is 121 Å². The number of fused-ring (bicyclic) bond motifs is 9. The van der Waals surface area contributed by atoms with Crippen LogP contribution >= 0.6 is 0 Å². The van der Waals surface area contributed by atoms with Gasteiger partial charge in [0.1, 0.15) is 11.9 Å². The molecule has 9 aromatic rings. The van der Waals surface area contributed by atoms with Crippen molar-refractivity contribution in [2.45, 2.75) is 44.1 Å². The maximum absolute atomic E-state index is 6.80. The molecule has 1 aliphatic heterocycles. The topological polar surface area (TPSA) is 43.8 Å². The number of allylic oxidation sites excluding steroid dienone is 2. The Bertz CT molecular complexity index is 3310. The van der Waals surface area contributed by atoms with Gasteiger partial charge in [-0.15, -0.1) is 0 Å². The molecule has 298 valence electrons. The lowest BCUT2D eigenvalue weighted by Crippen LogP contribution is -2.37. The Kier molecular flexibility index (Phi) is 8.30. The van der Waals surface area contributed by atoms with Crippen molar-refractivity contribution < 1.29 is 9.30 Å². The van der Waals surface area contributed by atoms with Crippen LogP contribution in [0.1, 0.15) is 54.9 Å². The number of para-hydroxylation sites is 1. The summed E-state index contributed by atoms with van der Waals surface area (Å²) in [7, 11) is 2.07. The summed E-state index contributed by atoms with van der Waals surface area (Å²) in [6.07, 6.45) is 8.64. The summed E-state index contributed by atoms with van der Waals surface area (Å²) in [5, 5.41) is 2.57. The fourth-order valence-electron chi connectivity index (χ4n) is 10.4. The molecule has 2 aliphatic carbocycles. The third-order valence-corrected chi connectivity index (χ3v) is 13.5. The molecule has 5 heteroatoms. The molecular formula is C57H45N4O+. The average molecular weight is 802 g/mol. The summed E-state index contributed by atoms with van der Waals surface area (Å²) in [6.45, 7) is 4.73. The standard InChI is InChI=1S/C57H45N4O/c1-57(2)48-24-14-13-22-43(48)45-34-47-46-33-39(29-31-50(46)61(51(47)35-49(45)57)41-20-11-6-12-21-41)36-26-27-40-32-42(30-28-36)62-52-25-15-23-44(53(40)52)56-59-54(37-16-7-4-8-17-37)58-55(60(56)3)38-18-9-5-10-19-38/h4-25,28-36,42H,26-27H2,1-3H3/q+1/b30-28-. The van der Waals surface area contributed by atoms with E-state index in [1.807, 2.05) is 24.3 Å². The minimum Gasteiger partial charge on any atom is -0.482 e. The molecule has 0 N–H and O–H groups in total. The highest BCUT2D eigenvalue weighted by atomic mass is 16.5. The smallest absolute Gasteiger partial charge is 0.308 e. The van der Waals surface area contributed by atoms with Crippen LogP contribution in [0, 0.1) is 0 Å². The number of nitrogens with zero attached hydrogens (tertiary/aromatic N) is 4. The monoisotopic (exact) mass is 801 g/mol. The third-order valence-electron chi connectivity index (χ3n) is 13.5. The predicted molar refractivity (Wildman–Crippen MR) is 251 cm³/mol. The van der Waals surface area contributed by atoms with Gasteiger partial charge < -0.3 is 9.30 Å². The second kappa shape index (κ2) is 14.1. The van der Waals surface area contributed by atoms with Crippen LogP contribution in [-0.4, -0.2) is 20.6 Å². The van der Waals surface area contributed by atoms with Gasteiger partial charge in [0.2, 0.25) is 0 Å². The Morgan fingerprint density at radius 3 is 2.11 bits per heavy atom. The van der Waals surface area contributed by atoms with Gasteiger partial charge in [0, 0.05) is 33.4 Å². The molecule has 62 heavy (non-hydrogen) atoms. The number of ether oxygens (including phenoxy) is 1. The van der Waals surface area contributed by atoms with Crippen LogP contribution < -0.4 is 9.30 Å². The van der Waals surface area contributed by atoms with Gasteiger partial charge in [-0.25, -0.2) is 4.57 Å². The van der Waals surface area contributed by atoms with E-state index in [1.165, 1.54) is 60.9 Å². The minimum absolute atomic E-state index is 0.0839. The second-order valence-electron chi connectivity index (χ2n) is 17.5. The number of aromatic nitrogens is 4. The fourth-order valence-corrected chi connectivity index (χ4v) is 10.4. The van der Waals surface area contributed by atoms with Crippen molar-refractivity contribution in [3.63, 3.8) is 0 Å². The third kappa shape index (κ3) is 5.72. The highest BCUT2D eigenvalue weighted by Crippen LogP contribution is 2.51. The van der Waals surface area contributed by atoms with Crippen LogP contribution in [0.3, 0.4) is 0 Å². The normalized spacial score (nSPS) is 17.6. The Labute approximate surface area is 362 Å². The van der Waals surface area contributed by atoms with Gasteiger partial charge in [0.15, 0.2) is 0 Å². The quantitative estimate of drug-likeness (QED) is 0.129. The van der Waals surface area contributed by atoms with Crippen LogP contribution in [0.5, 0.6) is 5.75 Å². The number of hydrogen-bond donors (Lipinski definition) is 0. The highest BCUT2D eigenvalue weighted by molar-refractivity contribution is 6.12. The van der Waals surface area contributed by atoms with Gasteiger partial charge in [-0.2, -0.15) is 0 Å². The first kappa shape index (κ1) is 36.5. The summed E-state index contributed by atoms with van der Waals surface area (Å²) in [6, 6.07) is 58.9. The van der Waals surface area contributed by atoms with E-state index in [0.717, 1.165) is 52.5 Å². The van der Waals surface area contributed by atoms with Crippen molar-refractivity contribution in [3.05, 3.63) is 204 Å². The van der Waals surface area contributed by atoms with Crippen LogP contribution in [0.15, 0.2) is 182 Å². The van der Waals surface area contributed by atoms with Gasteiger partial charge in [-0.05, 0) is 131 Å². The van der Waals surface area contributed by atoms with Crippen molar-refractivity contribution in [2.24, 2.45) is 7.05 Å². The Morgan fingerprint density at radius 2 is 1.31 bits per heavy atom. The van der Waals surface area contributed by atoms with E-state index in [1.54, 1.807) is 0 Å². The molecule has 0 spiro atoms. The molecule has 3 heterocycles. The maximum Gasteiger partial charge on any atom is 0.308 e. The van der Waals surface area contributed by atoms with Crippen molar-refractivity contribution in [1.82, 2.24) is 14.5 Å². The van der Waals surface area contributed by atoms with Crippen LogP contribution in [0.4, 0.5) is 0 Å². The lowest BCUT2D eigenvalue weighted by atomic mass is 9.82. The van der Waals surface area contributed by atoms with E-state index in [-0.39, 0.29) is 17.4 Å². The number of rotatable bonds is 5. The molecule has 2 atom stereocenters. The summed E-state index contributed by atoms with van der Waals surface area (Å²) < 4.78 is 11.4. The van der Waals surface area contributed by atoms with E-state index >= 15 is 0 Å². The summed E-state index contributed by atoms with van der Waals surface area (Å²) in [5.74, 6) is 3.50. The van der Waals surface area contributed by atoms with Crippen molar-refractivity contribution in [1.29, 1.82) is 0 Å². The molecule has 12 rings (SSSR count). The fraction of sp³-hybridized carbons (Fsp3) is 0.140. The van der Waals surface area contributed by atoms with Crippen LogP contribution in [0.25, 0.3) is 78.4 Å². The summed E-state index contributed by atoms with van der Waals surface area (Å²) in [4.78, 5) is 10.4. The average Bonchev–Trinajstić information content (AvgIpc) is 3.75. The first-order valence-corrected chi connectivity index (χ1v) is 21.8. The predicted octanol–water partition coefficient (Wildman–Crippen LogP) is 13.0. The second-order valence-corrected chi connectivity index (χ2v) is 17.5. The molecule has 0 radical (unpaired) electrons. The molecule has 2 aromatic heterocycles. The highest BCUT2D eigenvalue weighted by Gasteiger charge is 2.36. The molecule has 0 saturated heterocycles. The zero-order chi connectivity index (χ0) is 41.5. The van der Waals surface area contributed by atoms with Gasteiger partial charge in [0.05, 0.1) is 34.8 Å². The Hall–Kier alpha value is -7.37. The van der Waals surface area contributed by atoms with E-state index in [2.05, 4.69) is 188 Å². The van der Waals surface area contributed by atoms with E-state index in [4.69, 9.17) is 14.7 Å². The lowest BCUT2D eigenvalue weighted by molar-refractivity contribution is -0.654. The van der Waals surface area contributed by atoms with Gasteiger partial charge in [-0.3, -0.25) is 0 Å². The molecule has 2 unspecified atom stereocenters. The van der Waals surface area contributed by atoms with E-state index < -0.39 is 0 Å². The van der Waals surface area contributed by atoms with Crippen molar-refractivity contribution in [3.8, 4) is 56.7 Å². The molecule has 7 aromatic carbocycles. The summed E-state index contributed by atoms with van der Waals surface area (Å²) in [5.41, 5.74) is 15.8. The Balaban J connectivity index is 0.956. The van der Waals surface area contributed by atoms with Gasteiger partial charge >= 0.3 is 5.82 Å². The zero-order valence-corrected chi connectivity index (χ0v) is 35.1. The first-order chi connectivity index (χ1) is 30.4. The SMILES string of the molecule is C[n+]1c(-c2ccccc2)nc(-c2ccccc2)nc1-c1cccc2c1C1=CC(/C=C\C(c3ccc4c(c3)c3cc5c(cc3n4-c3ccccc3)C(C)(C)c3ccccc3-5)CC1)O2. The largest absolute Gasteiger partial charge is 0.482 e. The van der Waals surface area contributed by atoms with E-state index in [0.29, 0.717) is 5.82 Å². The first-order valence-electron chi connectivity index (χ1n) is 21.8. The molecule has 5 nitrogen and oxygen atoms in total. The number of hydrogen-bond acceptors (Lipinski definition) is 3. The van der Waals surface area contributed by atoms with Crippen molar-refractivity contribution in [2.75, 3.05) is 0 Å². The Morgan fingerprint density at radius 1 is 0.613 bits per heavy atom. The van der Waals surface area contributed by atoms with Crippen LogP contribution in [0.2, 0.25) is 0 Å². The van der Waals surface area contributed by atoms with Crippen LogP contribution in [-0.2, 0) is 12.5 Å². The molecule has 0 fully saturated rings. The van der Waals surface area contributed by atoms with Crippen molar-refractivity contribution >= 4 is 27.4 Å². The molecule has 2 bridgehead atoms. The van der Waals surface area contributed by atoms with E-state index in [9.17, 15) is 0 Å². The minimum atomic E-state index is -0.163. The maximum atomic E-state index is 6.80. The molecule has 0 amide bonds. The number of benzene rings is 7. The van der Waals surface area contributed by atoms with Gasteiger partial charge in [0.25, 0.3) is 11.6 Å². The summed E-state index contributed by atoms with van der Waals surface area (Å²) >= 11 is 0. The zero-order valence-electron chi connectivity index (χ0n) is 35.1. The molecule has 3 aliphatic rings. The lowest BCUT2D eigenvalue weighted by Gasteiger charge is -2.28. The molecule has 0 saturated carbocycles.